The van der Waals surface area contributed by atoms with Gasteiger partial charge in [-0.1, -0.05) is 37.5 Å². The van der Waals surface area contributed by atoms with E-state index in [0.29, 0.717) is 18.0 Å². The van der Waals surface area contributed by atoms with Gasteiger partial charge >= 0.3 is 0 Å². The van der Waals surface area contributed by atoms with Gasteiger partial charge in [-0.15, -0.1) is 11.3 Å². The molecular weight excluding hydrogens is 504 g/mol. The molecule has 1 aromatic carbocycles. The molecule has 0 saturated heterocycles. The van der Waals surface area contributed by atoms with Crippen molar-refractivity contribution < 1.29 is 4.79 Å². The minimum atomic E-state index is 0.0623. The normalized spacial score (nSPS) is 14.3. The number of carbonyl (C=O) groups excluding carboxylic acids is 1. The molecule has 1 aliphatic rings. The first-order valence-electron chi connectivity index (χ1n) is 13.5. The minimum Gasteiger partial charge on any atom is -0.353 e. The molecule has 7 nitrogen and oxygen atoms in total. The third kappa shape index (κ3) is 4.72. The Hall–Kier alpha value is -4.30. The van der Waals surface area contributed by atoms with Crippen LogP contribution in [-0.4, -0.2) is 31.1 Å². The van der Waals surface area contributed by atoms with Gasteiger partial charge in [0.2, 0.25) is 5.91 Å². The summed E-state index contributed by atoms with van der Waals surface area (Å²) in [7, 11) is 0. The monoisotopic (exact) mass is 532 g/mol. The number of carbonyl (C=O) groups is 1. The lowest BCUT2D eigenvalue weighted by Crippen LogP contribution is -2.18. The van der Waals surface area contributed by atoms with Gasteiger partial charge in [-0.05, 0) is 54.5 Å². The van der Waals surface area contributed by atoms with Crippen LogP contribution in [0.2, 0.25) is 0 Å². The molecule has 5 aromatic heterocycles. The van der Waals surface area contributed by atoms with E-state index >= 15 is 0 Å². The predicted molar refractivity (Wildman–Crippen MR) is 158 cm³/mol. The zero-order valence-electron chi connectivity index (χ0n) is 21.4. The SMILES string of the molecule is O=C(CC1CCCCC1)Nc1cncc(-c2cnc3[nH]nc(-c4cc5c(-c6cccs6)cccc5[nH]4)c3c2)c1. The Morgan fingerprint density at radius 1 is 0.974 bits per heavy atom. The number of hydrogen-bond acceptors (Lipinski definition) is 5. The van der Waals surface area contributed by atoms with Gasteiger partial charge in [-0.2, -0.15) is 5.10 Å². The number of fused-ring (bicyclic) bond motifs is 2. The fourth-order valence-electron chi connectivity index (χ4n) is 5.73. The van der Waals surface area contributed by atoms with Crippen molar-refractivity contribution in [2.45, 2.75) is 38.5 Å². The van der Waals surface area contributed by atoms with Crippen molar-refractivity contribution in [1.82, 2.24) is 25.1 Å². The van der Waals surface area contributed by atoms with Crippen LogP contribution < -0.4 is 5.32 Å². The highest BCUT2D eigenvalue weighted by molar-refractivity contribution is 7.13. The van der Waals surface area contributed by atoms with Gasteiger partial charge in [0, 0.05) is 56.7 Å². The average Bonchev–Trinajstić information content (AvgIpc) is 3.73. The van der Waals surface area contributed by atoms with Gasteiger partial charge < -0.3 is 10.3 Å². The highest BCUT2D eigenvalue weighted by Gasteiger charge is 2.18. The summed E-state index contributed by atoms with van der Waals surface area (Å²) in [6.07, 6.45) is 11.9. The molecule has 1 amide bonds. The Balaban J connectivity index is 1.19. The Morgan fingerprint density at radius 3 is 2.74 bits per heavy atom. The number of rotatable bonds is 6. The first kappa shape index (κ1) is 23.8. The van der Waals surface area contributed by atoms with E-state index in [1.165, 1.54) is 29.7 Å². The molecule has 0 atom stereocenters. The van der Waals surface area contributed by atoms with E-state index < -0.39 is 0 Å². The van der Waals surface area contributed by atoms with Gasteiger partial charge in [0.05, 0.1) is 17.6 Å². The van der Waals surface area contributed by atoms with Crippen LogP contribution in [0.15, 0.2) is 72.5 Å². The summed E-state index contributed by atoms with van der Waals surface area (Å²) in [6, 6.07) is 16.8. The smallest absolute Gasteiger partial charge is 0.224 e. The molecule has 8 heteroatoms. The molecule has 0 aliphatic heterocycles. The standard InChI is InChI=1S/C31H28N6OS/c38-29(12-19-6-2-1-3-7-19)34-22-13-20(16-32-18-22)21-14-25-30(36-37-31(25)33-17-21)27-15-24-23(28-10-5-11-39-28)8-4-9-26(24)35-27/h4-5,8-11,13-19,35H,1-3,6-7,12H2,(H,34,38)(H,33,36,37). The maximum absolute atomic E-state index is 12.7. The zero-order chi connectivity index (χ0) is 26.2. The number of benzene rings is 1. The number of hydrogen-bond donors (Lipinski definition) is 3. The largest absolute Gasteiger partial charge is 0.353 e. The average molecular weight is 533 g/mol. The number of nitrogens with zero attached hydrogens (tertiary/aromatic N) is 3. The highest BCUT2D eigenvalue weighted by Crippen LogP contribution is 2.36. The van der Waals surface area contributed by atoms with Crippen LogP contribution in [0.25, 0.3) is 54.9 Å². The van der Waals surface area contributed by atoms with E-state index in [2.05, 4.69) is 78.3 Å². The highest BCUT2D eigenvalue weighted by atomic mass is 32.1. The Labute approximate surface area is 229 Å². The van der Waals surface area contributed by atoms with Crippen molar-refractivity contribution in [1.29, 1.82) is 0 Å². The summed E-state index contributed by atoms with van der Waals surface area (Å²) >= 11 is 1.74. The third-order valence-electron chi connectivity index (χ3n) is 7.68. The van der Waals surface area contributed by atoms with Crippen LogP contribution in [-0.2, 0) is 4.79 Å². The van der Waals surface area contributed by atoms with Crippen molar-refractivity contribution in [3.63, 3.8) is 0 Å². The number of aromatic nitrogens is 5. The van der Waals surface area contributed by atoms with Crippen molar-refractivity contribution in [3.8, 4) is 33.0 Å². The molecule has 7 rings (SSSR count). The maximum Gasteiger partial charge on any atom is 0.224 e. The zero-order valence-corrected chi connectivity index (χ0v) is 22.2. The maximum atomic E-state index is 12.7. The van der Waals surface area contributed by atoms with Crippen molar-refractivity contribution >= 4 is 44.9 Å². The number of amides is 1. The summed E-state index contributed by atoms with van der Waals surface area (Å²) < 4.78 is 0. The summed E-state index contributed by atoms with van der Waals surface area (Å²) in [4.78, 5) is 26.5. The van der Waals surface area contributed by atoms with E-state index in [4.69, 9.17) is 0 Å². The van der Waals surface area contributed by atoms with E-state index in [1.807, 2.05) is 12.3 Å². The van der Waals surface area contributed by atoms with Crippen LogP contribution in [0.4, 0.5) is 5.69 Å². The van der Waals surface area contributed by atoms with Gasteiger partial charge in [-0.25, -0.2) is 4.98 Å². The summed E-state index contributed by atoms with van der Waals surface area (Å²) in [5.41, 5.74) is 7.25. The second kappa shape index (κ2) is 10.1. The molecule has 1 fully saturated rings. The van der Waals surface area contributed by atoms with E-state index in [9.17, 15) is 4.79 Å². The van der Waals surface area contributed by atoms with E-state index in [-0.39, 0.29) is 5.91 Å². The van der Waals surface area contributed by atoms with Crippen LogP contribution in [0.5, 0.6) is 0 Å². The lowest BCUT2D eigenvalue weighted by atomic mass is 9.87. The molecule has 1 aliphatic carbocycles. The molecule has 0 unspecified atom stereocenters. The van der Waals surface area contributed by atoms with Gasteiger partial charge in [-0.3, -0.25) is 14.9 Å². The summed E-state index contributed by atoms with van der Waals surface area (Å²) in [5, 5.41) is 14.9. The Kier molecular flexibility index (Phi) is 6.17. The second-order valence-corrected chi connectivity index (χ2v) is 11.3. The number of nitrogens with one attached hydrogen (secondary N) is 3. The van der Waals surface area contributed by atoms with E-state index in [1.54, 1.807) is 23.7 Å². The van der Waals surface area contributed by atoms with Crippen LogP contribution >= 0.6 is 11.3 Å². The molecule has 39 heavy (non-hydrogen) atoms. The van der Waals surface area contributed by atoms with Gasteiger partial charge in [0.15, 0.2) is 5.65 Å². The third-order valence-corrected chi connectivity index (χ3v) is 8.58. The first-order chi connectivity index (χ1) is 19.2. The molecule has 6 aromatic rings. The number of thiophene rings is 1. The lowest BCUT2D eigenvalue weighted by molar-refractivity contribution is -0.117. The Morgan fingerprint density at radius 2 is 1.87 bits per heavy atom. The molecule has 1 saturated carbocycles. The van der Waals surface area contributed by atoms with Crippen LogP contribution in [0.3, 0.4) is 0 Å². The second-order valence-electron chi connectivity index (χ2n) is 10.3. The number of pyridine rings is 2. The quantitative estimate of drug-likeness (QED) is 0.204. The molecule has 0 radical (unpaired) electrons. The summed E-state index contributed by atoms with van der Waals surface area (Å²) in [5.74, 6) is 0.555. The van der Waals surface area contributed by atoms with Crippen molar-refractivity contribution in [2.24, 2.45) is 5.92 Å². The number of anilines is 1. The first-order valence-corrected chi connectivity index (χ1v) is 14.3. The number of H-pyrrole nitrogens is 2. The summed E-state index contributed by atoms with van der Waals surface area (Å²) in [6.45, 7) is 0. The van der Waals surface area contributed by atoms with Crippen molar-refractivity contribution in [2.75, 3.05) is 5.32 Å². The Bertz CT molecular complexity index is 1780. The molecular formula is C31H28N6OS. The molecule has 0 spiro atoms. The molecule has 194 valence electrons. The molecule has 0 bridgehead atoms. The topological polar surface area (TPSA) is 99.3 Å². The van der Waals surface area contributed by atoms with Crippen LogP contribution in [0, 0.1) is 5.92 Å². The minimum absolute atomic E-state index is 0.0623. The number of aromatic amines is 2. The van der Waals surface area contributed by atoms with Gasteiger partial charge in [0.1, 0.15) is 5.69 Å². The lowest BCUT2D eigenvalue weighted by Gasteiger charge is -2.20. The molecule has 5 heterocycles. The van der Waals surface area contributed by atoms with Crippen molar-refractivity contribution in [3.05, 3.63) is 72.5 Å². The fraction of sp³-hybridized carbons (Fsp3) is 0.226. The van der Waals surface area contributed by atoms with Gasteiger partial charge in [0.25, 0.3) is 0 Å². The molecule has 3 N–H and O–H groups in total. The fourth-order valence-corrected chi connectivity index (χ4v) is 6.49. The van der Waals surface area contributed by atoms with E-state index in [0.717, 1.165) is 57.3 Å². The predicted octanol–water partition coefficient (Wildman–Crippen LogP) is 7.81. The van der Waals surface area contributed by atoms with Crippen LogP contribution in [0.1, 0.15) is 38.5 Å².